The molecule has 2 atom stereocenters. The molecule has 0 saturated carbocycles. The van der Waals surface area contributed by atoms with Gasteiger partial charge in [-0.25, -0.2) is 4.68 Å². The van der Waals surface area contributed by atoms with Crippen molar-refractivity contribution >= 4 is 5.91 Å². The first kappa shape index (κ1) is 14.6. The van der Waals surface area contributed by atoms with Crippen LogP contribution in [0.5, 0.6) is 0 Å². The molecule has 0 radical (unpaired) electrons. The Balaban J connectivity index is 1.86. The van der Waals surface area contributed by atoms with Crippen molar-refractivity contribution in [2.75, 3.05) is 13.1 Å². The van der Waals surface area contributed by atoms with Crippen LogP contribution >= 0.6 is 0 Å². The molecule has 1 aliphatic heterocycles. The van der Waals surface area contributed by atoms with Gasteiger partial charge in [0.15, 0.2) is 5.82 Å². The number of aryl methyl sites for hydroxylation is 1. The monoisotopic (exact) mass is 301 g/mol. The van der Waals surface area contributed by atoms with Crippen molar-refractivity contribution in [3.63, 3.8) is 0 Å². The van der Waals surface area contributed by atoms with Gasteiger partial charge in [-0.3, -0.25) is 4.79 Å². The minimum Gasteiger partial charge on any atom is -0.372 e. The molecule has 2 heterocycles. The number of amides is 1. The van der Waals surface area contributed by atoms with Crippen LogP contribution in [0.1, 0.15) is 24.2 Å². The van der Waals surface area contributed by atoms with Crippen LogP contribution in [0.4, 0.5) is 0 Å². The molecule has 0 bridgehead atoms. The number of carbonyl (C=O) groups is 1. The van der Waals surface area contributed by atoms with Crippen LogP contribution < -0.4 is 0 Å². The minimum absolute atomic E-state index is 0.0129. The molecule has 1 saturated heterocycles. The van der Waals surface area contributed by atoms with Gasteiger partial charge < -0.3 is 9.64 Å². The zero-order chi connectivity index (χ0) is 15.7. The maximum Gasteiger partial charge on any atom is 0.254 e. The zero-order valence-corrected chi connectivity index (χ0v) is 12.9. The van der Waals surface area contributed by atoms with Crippen molar-refractivity contribution in [1.82, 2.24) is 25.1 Å². The summed E-state index contributed by atoms with van der Waals surface area (Å²) in [6.07, 6.45) is 0.109. The summed E-state index contributed by atoms with van der Waals surface area (Å²) in [5.74, 6) is 0.650. The number of aromatic nitrogens is 4. The van der Waals surface area contributed by atoms with E-state index in [0.717, 1.165) is 5.56 Å². The highest BCUT2D eigenvalue weighted by molar-refractivity contribution is 5.95. The van der Waals surface area contributed by atoms with Gasteiger partial charge in [0.05, 0.1) is 12.2 Å². The Morgan fingerprint density at radius 1 is 1.27 bits per heavy atom. The van der Waals surface area contributed by atoms with Crippen molar-refractivity contribution in [3.8, 4) is 11.4 Å². The molecule has 0 spiro atoms. The van der Waals surface area contributed by atoms with E-state index in [1.165, 1.54) is 0 Å². The van der Waals surface area contributed by atoms with Crippen molar-refractivity contribution in [3.05, 3.63) is 29.8 Å². The fraction of sp³-hybridized carbons (Fsp3) is 0.467. The van der Waals surface area contributed by atoms with Gasteiger partial charge in [0, 0.05) is 31.3 Å². The summed E-state index contributed by atoms with van der Waals surface area (Å²) >= 11 is 0. The molecule has 3 rings (SSSR count). The van der Waals surface area contributed by atoms with Crippen molar-refractivity contribution in [2.24, 2.45) is 7.05 Å². The number of hydrogen-bond acceptors (Lipinski definition) is 5. The summed E-state index contributed by atoms with van der Waals surface area (Å²) in [6.45, 7) is 5.19. The first-order valence-electron chi connectivity index (χ1n) is 7.32. The van der Waals surface area contributed by atoms with E-state index in [2.05, 4.69) is 15.5 Å². The van der Waals surface area contributed by atoms with Crippen LogP contribution in [0.2, 0.25) is 0 Å². The molecule has 1 fully saturated rings. The van der Waals surface area contributed by atoms with E-state index in [4.69, 9.17) is 4.74 Å². The topological polar surface area (TPSA) is 73.1 Å². The predicted octanol–water partition coefficient (Wildman–Crippen LogP) is 1.13. The van der Waals surface area contributed by atoms with Gasteiger partial charge in [0.25, 0.3) is 5.91 Å². The van der Waals surface area contributed by atoms with Crippen molar-refractivity contribution in [2.45, 2.75) is 26.1 Å². The molecule has 1 amide bonds. The smallest absolute Gasteiger partial charge is 0.254 e. The van der Waals surface area contributed by atoms with E-state index in [1.54, 1.807) is 11.7 Å². The summed E-state index contributed by atoms with van der Waals surface area (Å²) in [5, 5.41) is 11.4. The molecule has 2 aromatic rings. The van der Waals surface area contributed by atoms with Gasteiger partial charge in [-0.1, -0.05) is 12.1 Å². The van der Waals surface area contributed by atoms with Crippen molar-refractivity contribution in [1.29, 1.82) is 0 Å². The maximum atomic E-state index is 12.7. The third-order valence-electron chi connectivity index (χ3n) is 3.69. The summed E-state index contributed by atoms with van der Waals surface area (Å²) in [7, 11) is 1.77. The molecule has 1 aromatic heterocycles. The van der Waals surface area contributed by atoms with Gasteiger partial charge in [-0.2, -0.15) is 0 Å². The van der Waals surface area contributed by atoms with Gasteiger partial charge in [-0.05, 0) is 36.4 Å². The molecule has 1 aromatic carbocycles. The average Bonchev–Trinajstić information content (AvgIpc) is 2.92. The number of hydrogen-bond donors (Lipinski definition) is 0. The first-order valence-corrected chi connectivity index (χ1v) is 7.32. The quantitative estimate of drug-likeness (QED) is 0.831. The lowest BCUT2D eigenvalue weighted by Crippen LogP contribution is -2.48. The third-order valence-corrected chi connectivity index (χ3v) is 3.69. The van der Waals surface area contributed by atoms with E-state index >= 15 is 0 Å². The van der Waals surface area contributed by atoms with Gasteiger partial charge in [-0.15, -0.1) is 5.10 Å². The van der Waals surface area contributed by atoms with Crippen LogP contribution in [0.15, 0.2) is 24.3 Å². The van der Waals surface area contributed by atoms with Crippen LogP contribution in [0.25, 0.3) is 11.4 Å². The molecular formula is C15H19N5O2. The van der Waals surface area contributed by atoms with Crippen molar-refractivity contribution < 1.29 is 9.53 Å². The fourth-order valence-corrected chi connectivity index (χ4v) is 2.79. The lowest BCUT2D eigenvalue weighted by Gasteiger charge is -2.35. The molecule has 116 valence electrons. The molecule has 22 heavy (non-hydrogen) atoms. The van der Waals surface area contributed by atoms with Gasteiger partial charge in [0.1, 0.15) is 0 Å². The van der Waals surface area contributed by atoms with E-state index in [9.17, 15) is 4.79 Å². The van der Waals surface area contributed by atoms with Gasteiger partial charge in [0.2, 0.25) is 0 Å². The minimum atomic E-state index is 0.0129. The van der Waals surface area contributed by atoms with E-state index in [0.29, 0.717) is 24.5 Å². The largest absolute Gasteiger partial charge is 0.372 e. The third kappa shape index (κ3) is 2.85. The predicted molar refractivity (Wildman–Crippen MR) is 80.1 cm³/mol. The van der Waals surface area contributed by atoms with E-state index in [1.807, 2.05) is 43.0 Å². The number of rotatable bonds is 2. The Morgan fingerprint density at radius 3 is 2.64 bits per heavy atom. The van der Waals surface area contributed by atoms with Gasteiger partial charge >= 0.3 is 0 Å². The molecule has 7 nitrogen and oxygen atoms in total. The SMILES string of the molecule is CC1CN(C(=O)c2cccc(-c3nnnn3C)c2)CC(C)O1. The zero-order valence-electron chi connectivity index (χ0n) is 12.9. The summed E-state index contributed by atoms with van der Waals surface area (Å²) < 4.78 is 7.26. The number of tetrazole rings is 1. The van der Waals surface area contributed by atoms with E-state index in [-0.39, 0.29) is 18.1 Å². The Bertz CT molecular complexity index is 674. The standard InChI is InChI=1S/C15H19N5O2/c1-10-8-20(9-11(2)22-10)15(21)13-6-4-5-12(7-13)14-16-17-18-19(14)3/h4-7,10-11H,8-9H2,1-3H3. The van der Waals surface area contributed by atoms with E-state index < -0.39 is 0 Å². The molecule has 2 unspecified atom stereocenters. The molecule has 0 aliphatic carbocycles. The summed E-state index contributed by atoms with van der Waals surface area (Å²) in [4.78, 5) is 14.5. The number of ether oxygens (including phenoxy) is 1. The Hall–Kier alpha value is -2.28. The maximum absolute atomic E-state index is 12.7. The molecule has 0 N–H and O–H groups in total. The lowest BCUT2D eigenvalue weighted by atomic mass is 10.1. The normalized spacial score (nSPS) is 21.9. The summed E-state index contributed by atoms with van der Waals surface area (Å²) in [6, 6.07) is 7.40. The Morgan fingerprint density at radius 2 is 2.00 bits per heavy atom. The number of benzene rings is 1. The summed E-state index contributed by atoms with van der Waals surface area (Å²) in [5.41, 5.74) is 1.47. The second-order valence-corrected chi connectivity index (χ2v) is 5.67. The second kappa shape index (κ2) is 5.84. The molecule has 7 heteroatoms. The number of morpholine rings is 1. The van der Waals surface area contributed by atoms with Crippen LogP contribution in [0.3, 0.4) is 0 Å². The second-order valence-electron chi connectivity index (χ2n) is 5.67. The highest BCUT2D eigenvalue weighted by Gasteiger charge is 2.26. The highest BCUT2D eigenvalue weighted by atomic mass is 16.5. The van der Waals surface area contributed by atoms with Crippen LogP contribution in [-0.4, -0.2) is 56.3 Å². The van der Waals surface area contributed by atoms with Crippen LogP contribution in [0, 0.1) is 0 Å². The molecular weight excluding hydrogens is 282 g/mol. The molecule has 1 aliphatic rings. The van der Waals surface area contributed by atoms with Crippen LogP contribution in [-0.2, 0) is 11.8 Å². The average molecular weight is 301 g/mol. The number of nitrogens with zero attached hydrogens (tertiary/aromatic N) is 5. The Kier molecular flexibility index (Phi) is 3.89. The first-order chi connectivity index (χ1) is 10.5. The fourth-order valence-electron chi connectivity index (χ4n) is 2.79. The Labute approximate surface area is 128 Å². The lowest BCUT2D eigenvalue weighted by molar-refractivity contribution is -0.0586. The highest BCUT2D eigenvalue weighted by Crippen LogP contribution is 2.19. The number of carbonyl (C=O) groups excluding carboxylic acids is 1.